The van der Waals surface area contributed by atoms with Gasteiger partial charge < -0.3 is 8.83 Å². The fourth-order valence-electron chi connectivity index (χ4n) is 3.02. The van der Waals surface area contributed by atoms with Crippen molar-refractivity contribution >= 4 is 46.7 Å². The minimum absolute atomic E-state index is 0.0694. The second kappa shape index (κ2) is 9.14. The molecule has 0 saturated heterocycles. The van der Waals surface area contributed by atoms with Crippen LogP contribution < -0.4 is 0 Å². The van der Waals surface area contributed by atoms with Gasteiger partial charge in [-0.15, -0.1) is 0 Å². The number of carbonyl (C=O) groups excluding carboxylic acids is 1. The normalized spacial score (nSPS) is 11.9. The van der Waals surface area contributed by atoms with E-state index < -0.39 is 17.5 Å². The molecule has 0 aliphatic heterocycles. The van der Waals surface area contributed by atoms with Gasteiger partial charge in [-0.05, 0) is 72.8 Å². The molecule has 0 saturated carbocycles. The van der Waals surface area contributed by atoms with Crippen molar-refractivity contribution in [2.24, 2.45) is 0 Å². The van der Waals surface area contributed by atoms with E-state index in [0.717, 1.165) is 18.2 Å². The first-order chi connectivity index (χ1) is 15.6. The summed E-state index contributed by atoms with van der Waals surface area (Å²) >= 11 is 18.1. The summed E-state index contributed by atoms with van der Waals surface area (Å²) < 4.78 is 50.1. The predicted molar refractivity (Wildman–Crippen MR) is 122 cm³/mol. The lowest BCUT2D eigenvalue weighted by Crippen LogP contribution is -2.04. The summed E-state index contributed by atoms with van der Waals surface area (Å²) in [5.74, 6) is 0.407. The molecule has 0 unspecified atom stereocenters. The molecule has 0 amide bonds. The van der Waals surface area contributed by atoms with Gasteiger partial charge in [0.2, 0.25) is 5.78 Å². The lowest BCUT2D eigenvalue weighted by molar-refractivity contribution is -0.137. The van der Waals surface area contributed by atoms with Crippen molar-refractivity contribution in [1.29, 1.82) is 0 Å². The highest BCUT2D eigenvalue weighted by Gasteiger charge is 2.31. The van der Waals surface area contributed by atoms with Crippen LogP contribution >= 0.6 is 34.8 Å². The molecule has 4 rings (SSSR count). The second-order valence-electron chi connectivity index (χ2n) is 6.88. The third kappa shape index (κ3) is 5.19. The number of halogens is 6. The Morgan fingerprint density at radius 3 is 2.24 bits per heavy atom. The van der Waals surface area contributed by atoms with Crippen molar-refractivity contribution in [1.82, 2.24) is 0 Å². The van der Waals surface area contributed by atoms with Gasteiger partial charge in [-0.2, -0.15) is 13.2 Å². The van der Waals surface area contributed by atoms with Crippen molar-refractivity contribution < 1.29 is 26.8 Å². The average molecular weight is 512 g/mol. The van der Waals surface area contributed by atoms with Gasteiger partial charge in [0.1, 0.15) is 17.3 Å². The number of hydrogen-bond donors (Lipinski definition) is 0. The molecule has 0 bridgehead atoms. The molecule has 0 radical (unpaired) electrons. The molecule has 4 aromatic rings. The van der Waals surface area contributed by atoms with Crippen molar-refractivity contribution in [2.75, 3.05) is 0 Å². The number of carbonyl (C=O) groups is 1. The Balaban J connectivity index is 1.52. The predicted octanol–water partition coefficient (Wildman–Crippen LogP) is 9.08. The second-order valence-corrected chi connectivity index (χ2v) is 8.13. The summed E-state index contributed by atoms with van der Waals surface area (Å²) in [7, 11) is 0. The summed E-state index contributed by atoms with van der Waals surface area (Å²) in [5.41, 5.74) is -0.175. The van der Waals surface area contributed by atoms with E-state index in [4.69, 9.17) is 43.6 Å². The maximum atomic E-state index is 13.0. The molecule has 2 aromatic carbocycles. The van der Waals surface area contributed by atoms with Crippen LogP contribution in [0.15, 0.2) is 75.6 Å². The van der Waals surface area contributed by atoms with Gasteiger partial charge in [-0.3, -0.25) is 4.79 Å². The highest BCUT2D eigenvalue weighted by Crippen LogP contribution is 2.37. The van der Waals surface area contributed by atoms with Gasteiger partial charge in [0.15, 0.2) is 5.76 Å². The Morgan fingerprint density at radius 1 is 0.788 bits per heavy atom. The molecule has 0 spiro atoms. The summed E-state index contributed by atoms with van der Waals surface area (Å²) in [6, 6.07) is 13.9. The van der Waals surface area contributed by atoms with Crippen LogP contribution in [0.3, 0.4) is 0 Å². The average Bonchev–Trinajstić information content (AvgIpc) is 3.41. The molecule has 0 atom stereocenters. The largest absolute Gasteiger partial charge is 0.457 e. The van der Waals surface area contributed by atoms with Crippen LogP contribution in [0.2, 0.25) is 15.1 Å². The highest BCUT2D eigenvalue weighted by atomic mass is 35.5. The van der Waals surface area contributed by atoms with Gasteiger partial charge in [-0.25, -0.2) is 0 Å². The van der Waals surface area contributed by atoms with Gasteiger partial charge in [0.25, 0.3) is 0 Å². The zero-order chi connectivity index (χ0) is 23.8. The first-order valence-electron chi connectivity index (χ1n) is 9.36. The molecule has 0 fully saturated rings. The summed E-state index contributed by atoms with van der Waals surface area (Å²) in [6.45, 7) is 0. The van der Waals surface area contributed by atoms with Crippen molar-refractivity contribution in [3.63, 3.8) is 0 Å². The molecule has 9 heteroatoms. The van der Waals surface area contributed by atoms with E-state index >= 15 is 0 Å². The maximum Gasteiger partial charge on any atom is 0.416 e. The molecule has 168 valence electrons. The van der Waals surface area contributed by atoms with Gasteiger partial charge in [-0.1, -0.05) is 34.8 Å². The number of ketones is 1. The van der Waals surface area contributed by atoms with Crippen LogP contribution in [-0.4, -0.2) is 5.78 Å². The minimum Gasteiger partial charge on any atom is -0.457 e. The molecule has 2 aromatic heterocycles. The molecule has 33 heavy (non-hydrogen) atoms. The standard InChI is InChI=1S/C24H12Cl3F3O3/c25-14-2-5-16(19(27)12-14)21-9-10-23(33-21)20(31)7-3-15-4-8-22(32-15)17-11-13(24(28,29)30)1-6-18(17)26/h1-12H. The Morgan fingerprint density at radius 2 is 1.52 bits per heavy atom. The monoisotopic (exact) mass is 510 g/mol. The summed E-state index contributed by atoms with van der Waals surface area (Å²) in [6.07, 6.45) is -1.91. The quantitative estimate of drug-likeness (QED) is 0.198. The molecule has 2 heterocycles. The van der Waals surface area contributed by atoms with Gasteiger partial charge >= 0.3 is 6.18 Å². The number of alkyl halides is 3. The van der Waals surface area contributed by atoms with E-state index in [9.17, 15) is 18.0 Å². The number of hydrogen-bond acceptors (Lipinski definition) is 3. The van der Waals surface area contributed by atoms with Crippen LogP contribution in [-0.2, 0) is 6.18 Å². The first kappa shape index (κ1) is 23.2. The van der Waals surface area contributed by atoms with Crippen LogP contribution in [0.4, 0.5) is 13.2 Å². The van der Waals surface area contributed by atoms with Crippen molar-refractivity contribution in [3.8, 4) is 22.6 Å². The van der Waals surface area contributed by atoms with E-state index in [1.54, 1.807) is 24.3 Å². The lowest BCUT2D eigenvalue weighted by Gasteiger charge is -2.09. The Labute approximate surface area is 201 Å². The Hall–Kier alpha value is -2.93. The molecular formula is C24H12Cl3F3O3. The number of allylic oxidation sites excluding steroid dienone is 1. The maximum absolute atomic E-state index is 13.0. The lowest BCUT2D eigenvalue weighted by atomic mass is 10.1. The third-order valence-corrected chi connectivity index (χ3v) is 5.51. The van der Waals surface area contributed by atoms with Gasteiger partial charge in [0, 0.05) is 16.1 Å². The first-order valence-corrected chi connectivity index (χ1v) is 10.5. The van der Waals surface area contributed by atoms with E-state index in [1.807, 2.05) is 0 Å². The molecule has 0 aliphatic carbocycles. The fourth-order valence-corrected chi connectivity index (χ4v) is 3.73. The van der Waals surface area contributed by atoms with Crippen molar-refractivity contribution in [3.05, 3.63) is 98.9 Å². The zero-order valence-electron chi connectivity index (χ0n) is 16.4. The van der Waals surface area contributed by atoms with Gasteiger partial charge in [0.05, 0.1) is 15.6 Å². The number of rotatable bonds is 5. The fraction of sp³-hybridized carbons (Fsp3) is 0.0417. The smallest absolute Gasteiger partial charge is 0.416 e. The van der Waals surface area contributed by atoms with E-state index in [1.165, 1.54) is 30.4 Å². The zero-order valence-corrected chi connectivity index (χ0v) is 18.7. The molecule has 0 aliphatic rings. The van der Waals surface area contributed by atoms with E-state index in [0.29, 0.717) is 21.4 Å². The summed E-state index contributed by atoms with van der Waals surface area (Å²) in [4.78, 5) is 12.5. The highest BCUT2D eigenvalue weighted by molar-refractivity contribution is 6.36. The summed E-state index contributed by atoms with van der Waals surface area (Å²) in [5, 5.41) is 0.953. The van der Waals surface area contributed by atoms with Crippen LogP contribution in [0, 0.1) is 0 Å². The van der Waals surface area contributed by atoms with Crippen LogP contribution in [0.5, 0.6) is 0 Å². The molecular weight excluding hydrogens is 500 g/mol. The topological polar surface area (TPSA) is 43.4 Å². The van der Waals surface area contributed by atoms with Crippen LogP contribution in [0.1, 0.15) is 21.9 Å². The molecule has 3 nitrogen and oxygen atoms in total. The van der Waals surface area contributed by atoms with E-state index in [-0.39, 0.29) is 27.9 Å². The Bertz CT molecular complexity index is 1370. The third-order valence-electron chi connectivity index (χ3n) is 4.63. The minimum atomic E-state index is -4.51. The molecule has 0 N–H and O–H groups in total. The van der Waals surface area contributed by atoms with Crippen LogP contribution in [0.25, 0.3) is 28.7 Å². The SMILES string of the molecule is O=C(C=Cc1ccc(-c2cc(C(F)(F)F)ccc2Cl)o1)c1ccc(-c2ccc(Cl)cc2Cl)o1. The van der Waals surface area contributed by atoms with E-state index in [2.05, 4.69) is 0 Å². The number of furan rings is 2. The van der Waals surface area contributed by atoms with Crippen molar-refractivity contribution in [2.45, 2.75) is 6.18 Å². The Kier molecular flexibility index (Phi) is 6.43. The number of benzene rings is 2.